The van der Waals surface area contributed by atoms with Crippen LogP contribution in [0.25, 0.3) is 55.8 Å². The molecule has 0 aliphatic carbocycles. The molecule has 0 unspecified atom stereocenters. The highest BCUT2D eigenvalue weighted by Gasteiger charge is 2.55. The van der Waals surface area contributed by atoms with Crippen LogP contribution in [0, 0.1) is 47.3 Å². The molecular weight excluding hydrogens is 2040 g/mol. The van der Waals surface area contributed by atoms with E-state index >= 15 is 4.39 Å². The summed E-state index contributed by atoms with van der Waals surface area (Å²) in [5.41, 5.74) is 20.2. The third-order valence-electron chi connectivity index (χ3n) is 26.9. The van der Waals surface area contributed by atoms with Gasteiger partial charge >= 0.3 is 5.97 Å². The third kappa shape index (κ3) is 24.3. The molecule has 17 heterocycles. The van der Waals surface area contributed by atoms with Crippen molar-refractivity contribution < 1.29 is 109 Å². The zero-order valence-electron chi connectivity index (χ0n) is 86.3. The van der Waals surface area contributed by atoms with E-state index in [1.165, 1.54) is 43.6 Å². The first kappa shape index (κ1) is 115. The Morgan fingerprint density at radius 2 is 0.757 bits per heavy atom. The molecule has 7 aliphatic rings. The quantitative estimate of drug-likeness (QED) is 0.0123. The van der Waals surface area contributed by atoms with Crippen molar-refractivity contribution in [2.24, 2.45) is 47.3 Å². The number of nitrogens with one attached hydrogen (secondary N) is 2. The van der Waals surface area contributed by atoms with Crippen LogP contribution in [0.2, 0.25) is 5.15 Å². The molecule has 13 N–H and O–H groups in total. The van der Waals surface area contributed by atoms with Crippen LogP contribution in [-0.2, 0) is 47.5 Å². The number of amides is 2. The lowest BCUT2D eigenvalue weighted by molar-refractivity contribution is -0.134. The van der Waals surface area contributed by atoms with Crippen molar-refractivity contribution in [1.29, 1.82) is 0 Å². The summed E-state index contributed by atoms with van der Waals surface area (Å²) >= 11 is 9.09. The number of hydrogen-bond acceptors (Lipinski definition) is 38. The summed E-state index contributed by atoms with van der Waals surface area (Å²) in [6.07, 6.45) is -7.72. The van der Waals surface area contributed by atoms with Crippen LogP contribution in [0.5, 0.6) is 0 Å². The minimum absolute atomic E-state index is 0.0191. The number of alkyl halides is 8. The molecule has 18 rings (SSSR count). The van der Waals surface area contributed by atoms with Crippen LogP contribution in [0.15, 0.2) is 62.0 Å². The van der Waals surface area contributed by atoms with Gasteiger partial charge in [-0.3, -0.25) is 43.1 Å². The summed E-state index contributed by atoms with van der Waals surface area (Å²) in [6.45, 7) is 23.8. The van der Waals surface area contributed by atoms with E-state index in [-0.39, 0.29) is 124 Å². The molecule has 0 spiro atoms. The van der Waals surface area contributed by atoms with Crippen molar-refractivity contribution in [3.63, 3.8) is 0 Å². The van der Waals surface area contributed by atoms with E-state index in [4.69, 9.17) is 71.8 Å². The summed E-state index contributed by atoms with van der Waals surface area (Å²) < 4.78 is 152. The van der Waals surface area contributed by atoms with Crippen LogP contribution >= 0.6 is 27.5 Å². The molecule has 7 saturated heterocycles. The maximum Gasteiger partial charge on any atom is 0.340 e. The highest BCUT2D eigenvalue weighted by Crippen LogP contribution is 2.48. The molecule has 54 heteroatoms. The lowest BCUT2D eigenvalue weighted by Gasteiger charge is -2.28. The first-order valence-electron chi connectivity index (χ1n) is 48.6. The van der Waals surface area contributed by atoms with Crippen molar-refractivity contribution in [2.45, 2.75) is 257 Å². The van der Waals surface area contributed by atoms with E-state index in [9.17, 15) is 61.2 Å². The molecule has 7 aliphatic heterocycles. The van der Waals surface area contributed by atoms with Crippen molar-refractivity contribution in [1.82, 2.24) is 97.6 Å². The number of esters is 1. The standard InChI is InChI=1S/C18H27FN6O4.C17H25FN6O3.C14H21FN6O.C14H17FO3.C12H15ClFN5O.C12H17FN6O3.C7H12BrFO/c1-9(2)15(28)23-17-21-13(24(4)5)12-14(22-17)25(8-20-12)16-11(19)10(3)18(6-26,7-27)29-16;1-8(2)15(26)22-17-20-13(23(4)5)12-14(21-17)24(7-19-12)16-11(18)9(3)10(6-25)27-16;1-5-8-7(2)9(15)13(22-8)21-6-17-10-11(20(3)4)18-14(16)19-12(10)21;1-3-11-9(2)12(15)14(17-11)18-13(16)10-7-5-4-6-8-10;1-3-6-5(2)7(14)11(20-6)19-4-16-8-9(13)17-12(15)18-10(8)19;1-18(2)9-7-10(17-12(14)16-9)19(4-15-7)11-6(13)8(21)5(3-20)22-11;1-3-5-4(2)6(9)7(8)10-5/h8-11,16,26-27H,6-7H2,1-5H3,(H,21,22,23,28);7-11,16,25H,6H2,1-5H3,(H,20,21,22,26);6-9,13H,5H2,1-4H3,(H2,16,18,19);4-9,11-12,14H,3H2,1-2H3;4-7,11H,3H2,1-2H3,(H2,15,17,18);4-6,8,11,20-21H,3H2,1-2H3,(H2,14,16,17);4-7H,3H2,1-2H3/t10-,11-,16+;9-,10-,11+,16-;7-,8-,9+,13-;9-,11-,12+,14-;5-,6-,7+,11-;5-,6+,8-,11-;4-,5-,6+,7+/m0111111/s1. The van der Waals surface area contributed by atoms with E-state index in [1.807, 2.05) is 62.6 Å². The van der Waals surface area contributed by atoms with E-state index in [2.05, 4.69) is 101 Å². The molecule has 10 aromatic heterocycles. The average molecular weight is 2170 g/mol. The number of rotatable bonds is 23. The van der Waals surface area contributed by atoms with E-state index < -0.39 is 142 Å². The molecule has 11 aromatic rings. The number of fused-ring (bicyclic) bond motifs is 5. The summed E-state index contributed by atoms with van der Waals surface area (Å²) in [5.74, 6) is -0.909. The molecule has 45 nitrogen and oxygen atoms in total. The van der Waals surface area contributed by atoms with Crippen molar-refractivity contribution in [3.8, 4) is 0 Å². The number of nitrogens with zero attached hydrogens (tertiary/aromatic N) is 24. The smallest absolute Gasteiger partial charge is 0.340 e. The van der Waals surface area contributed by atoms with Crippen molar-refractivity contribution in [3.05, 3.63) is 72.7 Å². The molecule has 814 valence electrons. The Morgan fingerprint density at radius 3 is 1.09 bits per heavy atom. The maximum atomic E-state index is 15.1. The van der Waals surface area contributed by atoms with Gasteiger partial charge in [0.05, 0.1) is 94.1 Å². The van der Waals surface area contributed by atoms with Gasteiger partial charge in [-0.05, 0) is 37.8 Å². The number of imidazole rings is 5. The Labute approximate surface area is 862 Å². The van der Waals surface area contributed by atoms with Crippen LogP contribution < -0.4 is 47.4 Å². The first-order chi connectivity index (χ1) is 70.1. The molecule has 148 heavy (non-hydrogen) atoms. The van der Waals surface area contributed by atoms with Gasteiger partial charge in [0.25, 0.3) is 0 Å². The van der Waals surface area contributed by atoms with E-state index in [0.717, 1.165) is 19.3 Å². The zero-order chi connectivity index (χ0) is 109. The van der Waals surface area contributed by atoms with Gasteiger partial charge in [0.15, 0.2) is 147 Å². The molecule has 0 radical (unpaired) electrons. The second kappa shape index (κ2) is 49.3. The SMILES string of the molecule is CC(C)C(=O)Nc1nc(N(C)C)c2ncn([C@@H]3OC(CO)(CO)[C@@H](C)[C@@H]3F)c2n1.CC(C)C(=O)Nc1nc(N(C)C)c2ncn([C@@H]3O[C@H](CO)[C@@H](C)[C@@H]3F)c2n1.CC[C@H]1O[C@@H](n2cnc3c(Cl)nc(N)nc32)[C@@H](F)[C@@H]1C.CC[C@H]1O[C@@H](n2cnc3c(N(C)C)nc(N)nc32)[C@@H](F)[C@@H]1C.CC[C@H]1O[C@H](Br)[C@@H](F)[C@@H]1C.CC[C@H]1O[C@H](OC(=O)c2ccccc2)[C@@H](F)[C@@H]1C.CN(C)c1nc(N)nc2c1ncn2[C@@H]1O[C@H](CO)[C@@H](O)[C@@H]1F. The van der Waals surface area contributed by atoms with Gasteiger partial charge < -0.3 is 100 Å². The fourth-order valence-electron chi connectivity index (χ4n) is 17.7. The number of benzene rings is 1. The highest BCUT2D eigenvalue weighted by molar-refractivity contribution is 9.09. The van der Waals surface area contributed by atoms with Gasteiger partial charge in [-0.1, -0.05) is 143 Å². The predicted molar refractivity (Wildman–Crippen MR) is 540 cm³/mol. The molecule has 2 amide bonds. The lowest BCUT2D eigenvalue weighted by Crippen LogP contribution is -2.43. The minimum atomic E-state index is -1.71. The molecular formula is C94H134BrClF7N29O16. The van der Waals surface area contributed by atoms with Crippen molar-refractivity contribution in [2.75, 3.05) is 130 Å². The topological polar surface area (TPSA) is 559 Å². The minimum Gasteiger partial charge on any atom is -0.429 e. The largest absolute Gasteiger partial charge is 0.429 e. The van der Waals surface area contributed by atoms with Crippen LogP contribution in [0.3, 0.4) is 0 Å². The Morgan fingerprint density at radius 1 is 0.432 bits per heavy atom. The number of aliphatic hydroxyl groups excluding tert-OH is 5. The van der Waals surface area contributed by atoms with Gasteiger partial charge in [-0.2, -0.15) is 49.8 Å². The number of nitrogens with two attached hydrogens (primary N) is 3. The Bertz CT molecular complexity index is 6190. The normalized spacial score (nSPS) is 28.8. The summed E-state index contributed by atoms with van der Waals surface area (Å²) in [5, 5.41) is 52.7. The van der Waals surface area contributed by atoms with Gasteiger partial charge in [-0.25, -0.2) is 60.4 Å². The van der Waals surface area contributed by atoms with Crippen molar-refractivity contribution >= 4 is 154 Å². The average Bonchev–Trinajstić information content (AvgIpc) is 1.58. The number of carbonyl (C=O) groups is 3. The monoisotopic (exact) mass is 2170 g/mol. The predicted octanol–water partition coefficient (Wildman–Crippen LogP) is 10.7. The van der Waals surface area contributed by atoms with Crippen LogP contribution in [0.4, 0.5) is 83.7 Å². The van der Waals surface area contributed by atoms with Gasteiger partial charge in [-0.15, -0.1) is 0 Å². The number of ether oxygens (including phenoxy) is 8. The van der Waals surface area contributed by atoms with Crippen LogP contribution in [-0.4, -0.2) is 327 Å². The fourth-order valence-corrected chi connectivity index (χ4v) is 18.7. The number of nitrogen functional groups attached to an aromatic ring is 3. The zero-order valence-corrected chi connectivity index (χ0v) is 88.6. The number of halogens is 9. The molecule has 0 saturated carbocycles. The molecule has 1 aromatic carbocycles. The second-order valence-electron chi connectivity index (χ2n) is 38.6. The van der Waals surface area contributed by atoms with Crippen LogP contribution in [0.1, 0.15) is 164 Å². The molecule has 0 bridgehead atoms. The highest BCUT2D eigenvalue weighted by atomic mass is 79.9. The first-order valence-corrected chi connectivity index (χ1v) is 49.9. The molecule has 27 atom stereocenters. The number of carbonyl (C=O) groups excluding carboxylic acids is 3. The van der Waals surface area contributed by atoms with Gasteiger partial charge in [0.2, 0.25) is 47.8 Å². The Kier molecular flexibility index (Phi) is 38.4. The molecule has 7 fully saturated rings. The lowest BCUT2D eigenvalue weighted by atomic mass is 9.89. The summed E-state index contributed by atoms with van der Waals surface area (Å²) in [6, 6.07) is 8.53. The Balaban J connectivity index is 0.000000156. The van der Waals surface area contributed by atoms with E-state index in [0.29, 0.717) is 85.4 Å². The number of anilines is 9. The third-order valence-corrected chi connectivity index (χ3v) is 27.9. The summed E-state index contributed by atoms with van der Waals surface area (Å²) in [7, 11) is 14.4. The Hall–Kier alpha value is -11.2. The van der Waals surface area contributed by atoms with E-state index in [1.54, 1.807) is 152 Å². The maximum absolute atomic E-state index is 15.1. The summed E-state index contributed by atoms with van der Waals surface area (Å²) in [4.78, 5) is 106. The number of hydrogen-bond donors (Lipinski definition) is 10. The fraction of sp³-hybridized carbons (Fsp3) is 0.638. The second-order valence-corrected chi connectivity index (χ2v) is 39.8. The van der Waals surface area contributed by atoms with Gasteiger partial charge in [0, 0.05) is 104 Å². The number of aliphatic hydroxyl groups is 5. The number of aromatic nitrogens is 20. The van der Waals surface area contributed by atoms with Gasteiger partial charge in [0.1, 0.15) is 34.5 Å².